The molecule has 4 amide bonds. The van der Waals surface area contributed by atoms with Crippen molar-refractivity contribution in [3.05, 3.63) is 29.8 Å². The minimum absolute atomic E-state index is 0.0238. The van der Waals surface area contributed by atoms with E-state index in [-0.39, 0.29) is 12.8 Å². The molecule has 9 nitrogen and oxygen atoms in total. The van der Waals surface area contributed by atoms with Gasteiger partial charge in [-0.25, -0.2) is 9.59 Å². The zero-order valence-corrected chi connectivity index (χ0v) is 12.5. The van der Waals surface area contributed by atoms with E-state index >= 15 is 0 Å². The lowest BCUT2D eigenvalue weighted by molar-refractivity contribution is -0.143. The van der Waals surface area contributed by atoms with Gasteiger partial charge in [-0.15, -0.1) is 0 Å². The Balaban J connectivity index is 2.65. The molecule has 9 heteroatoms. The van der Waals surface area contributed by atoms with E-state index in [9.17, 15) is 19.2 Å². The van der Waals surface area contributed by atoms with E-state index < -0.39 is 29.9 Å². The van der Waals surface area contributed by atoms with Crippen LogP contribution in [0.4, 0.5) is 10.5 Å². The van der Waals surface area contributed by atoms with Gasteiger partial charge in [0, 0.05) is 17.7 Å². The lowest BCUT2D eigenvalue weighted by atomic mass is 10.1. The van der Waals surface area contributed by atoms with Crippen molar-refractivity contribution in [2.45, 2.75) is 18.9 Å². The molecule has 0 aliphatic carbocycles. The van der Waals surface area contributed by atoms with Crippen LogP contribution >= 0.6 is 0 Å². The molecule has 124 valence electrons. The zero-order chi connectivity index (χ0) is 17.4. The van der Waals surface area contributed by atoms with Gasteiger partial charge in [0.15, 0.2) is 0 Å². The van der Waals surface area contributed by atoms with Gasteiger partial charge in [-0.2, -0.15) is 0 Å². The molecule has 0 heterocycles. The van der Waals surface area contributed by atoms with Gasteiger partial charge in [-0.1, -0.05) is 0 Å². The fourth-order valence-electron chi connectivity index (χ4n) is 1.72. The van der Waals surface area contributed by atoms with Crippen LogP contribution in [0.3, 0.4) is 0 Å². The highest BCUT2D eigenvalue weighted by molar-refractivity contribution is 5.95. The fourth-order valence-corrected chi connectivity index (χ4v) is 1.72. The van der Waals surface area contributed by atoms with Crippen LogP contribution in [0.2, 0.25) is 0 Å². The zero-order valence-electron chi connectivity index (χ0n) is 12.5. The predicted molar refractivity (Wildman–Crippen MR) is 81.3 cm³/mol. The van der Waals surface area contributed by atoms with Crippen LogP contribution in [0.25, 0.3) is 0 Å². The molecule has 1 unspecified atom stereocenters. The number of benzene rings is 1. The summed E-state index contributed by atoms with van der Waals surface area (Å²) in [6, 6.07) is 4.19. The second-order valence-electron chi connectivity index (χ2n) is 4.62. The van der Waals surface area contributed by atoms with Gasteiger partial charge in [0.1, 0.15) is 6.04 Å². The van der Waals surface area contributed by atoms with E-state index in [1.165, 1.54) is 31.4 Å². The molecule has 0 radical (unpaired) electrons. The molecule has 0 saturated carbocycles. The van der Waals surface area contributed by atoms with Crippen LogP contribution in [0, 0.1) is 0 Å². The number of anilines is 1. The number of nitrogens with two attached hydrogens (primary N) is 2. The lowest BCUT2D eigenvalue weighted by Gasteiger charge is -2.16. The van der Waals surface area contributed by atoms with Crippen LogP contribution in [0.5, 0.6) is 0 Å². The van der Waals surface area contributed by atoms with E-state index in [0.717, 1.165) is 0 Å². The number of primary amides is 2. The fraction of sp³-hybridized carbons (Fsp3) is 0.286. The third-order valence-corrected chi connectivity index (χ3v) is 2.90. The molecule has 1 rings (SSSR count). The van der Waals surface area contributed by atoms with Gasteiger partial charge < -0.3 is 26.8 Å². The number of hydrogen-bond donors (Lipinski definition) is 4. The number of carbonyl (C=O) groups excluding carboxylic acids is 4. The average Bonchev–Trinajstić information content (AvgIpc) is 2.50. The van der Waals surface area contributed by atoms with E-state index in [2.05, 4.69) is 15.4 Å². The lowest BCUT2D eigenvalue weighted by Crippen LogP contribution is -2.44. The Bertz CT molecular complexity index is 600. The Morgan fingerprint density at radius 3 is 2.22 bits per heavy atom. The van der Waals surface area contributed by atoms with E-state index in [1.54, 1.807) is 0 Å². The largest absolute Gasteiger partial charge is 0.467 e. The minimum Gasteiger partial charge on any atom is -0.467 e. The van der Waals surface area contributed by atoms with Crippen molar-refractivity contribution in [3.8, 4) is 0 Å². The molecule has 1 atom stereocenters. The van der Waals surface area contributed by atoms with Crippen molar-refractivity contribution in [3.63, 3.8) is 0 Å². The van der Waals surface area contributed by atoms with Crippen LogP contribution in [-0.2, 0) is 14.3 Å². The summed E-state index contributed by atoms with van der Waals surface area (Å²) in [4.78, 5) is 45.2. The second-order valence-corrected chi connectivity index (χ2v) is 4.62. The molecule has 0 aliphatic rings. The number of esters is 1. The normalized spacial score (nSPS) is 11.2. The van der Waals surface area contributed by atoms with Gasteiger partial charge in [-0.05, 0) is 30.7 Å². The van der Waals surface area contributed by atoms with Crippen molar-refractivity contribution in [1.82, 2.24) is 5.32 Å². The number of amides is 4. The predicted octanol–water partition coefficient (Wildman–Crippen LogP) is -0.286. The number of rotatable bonds is 7. The number of nitrogens with one attached hydrogen (secondary N) is 2. The number of ether oxygens (including phenoxy) is 1. The van der Waals surface area contributed by atoms with Gasteiger partial charge in [0.2, 0.25) is 11.8 Å². The third kappa shape index (κ3) is 6.04. The minimum atomic E-state index is -1.00. The summed E-state index contributed by atoms with van der Waals surface area (Å²) in [7, 11) is 1.17. The van der Waals surface area contributed by atoms with E-state index in [0.29, 0.717) is 11.3 Å². The summed E-state index contributed by atoms with van der Waals surface area (Å²) in [6.45, 7) is 0. The molecule has 0 fully saturated rings. The Labute approximate surface area is 132 Å². The Morgan fingerprint density at radius 2 is 1.74 bits per heavy atom. The SMILES string of the molecule is COC(=O)C(CCC(N)=O)NC(=O)Nc1ccc(C(N)=O)cc1. The first-order chi connectivity index (χ1) is 10.8. The summed E-state index contributed by atoms with van der Waals surface area (Å²) in [5, 5.41) is 4.86. The topological polar surface area (TPSA) is 154 Å². The molecule has 1 aromatic carbocycles. The number of urea groups is 1. The Morgan fingerprint density at radius 1 is 1.13 bits per heavy atom. The van der Waals surface area contributed by atoms with E-state index in [1.807, 2.05) is 0 Å². The number of hydrogen-bond acceptors (Lipinski definition) is 5. The van der Waals surface area contributed by atoms with Gasteiger partial charge in [0.05, 0.1) is 7.11 Å². The third-order valence-electron chi connectivity index (χ3n) is 2.90. The monoisotopic (exact) mass is 322 g/mol. The first kappa shape index (κ1) is 18.0. The molecule has 0 bridgehead atoms. The maximum absolute atomic E-state index is 11.9. The second kappa shape index (κ2) is 8.37. The maximum Gasteiger partial charge on any atom is 0.328 e. The molecule has 23 heavy (non-hydrogen) atoms. The Kier molecular flexibility index (Phi) is 6.53. The van der Waals surface area contributed by atoms with Crippen LogP contribution < -0.4 is 22.1 Å². The highest BCUT2D eigenvalue weighted by Crippen LogP contribution is 2.09. The molecule has 0 spiro atoms. The molecule has 0 aliphatic heterocycles. The number of carbonyl (C=O) groups is 4. The van der Waals surface area contributed by atoms with Crippen LogP contribution in [0.15, 0.2) is 24.3 Å². The standard InChI is InChI=1S/C14H18N4O5/c1-23-13(21)10(6-7-11(15)19)18-14(22)17-9-4-2-8(3-5-9)12(16)20/h2-5,10H,6-7H2,1H3,(H2,15,19)(H2,16,20)(H2,17,18,22). The van der Waals surface area contributed by atoms with E-state index in [4.69, 9.17) is 11.5 Å². The molecule has 1 aromatic rings. The van der Waals surface area contributed by atoms with Crippen molar-refractivity contribution in [2.75, 3.05) is 12.4 Å². The molecular weight excluding hydrogens is 304 g/mol. The molecule has 0 aromatic heterocycles. The van der Waals surface area contributed by atoms with Gasteiger partial charge in [-0.3, -0.25) is 9.59 Å². The summed E-state index contributed by atoms with van der Waals surface area (Å²) in [5.74, 6) is -1.87. The van der Waals surface area contributed by atoms with Crippen molar-refractivity contribution < 1.29 is 23.9 Å². The quantitative estimate of drug-likeness (QED) is 0.508. The van der Waals surface area contributed by atoms with Crippen molar-refractivity contribution >= 4 is 29.5 Å². The van der Waals surface area contributed by atoms with Crippen LogP contribution in [-0.4, -0.2) is 37.0 Å². The summed E-state index contributed by atoms with van der Waals surface area (Å²) in [5.41, 5.74) is 10.8. The molecular formula is C14H18N4O5. The first-order valence-corrected chi connectivity index (χ1v) is 6.67. The summed E-state index contributed by atoms with van der Waals surface area (Å²) < 4.78 is 4.55. The van der Waals surface area contributed by atoms with Gasteiger partial charge in [0.25, 0.3) is 0 Å². The first-order valence-electron chi connectivity index (χ1n) is 6.67. The van der Waals surface area contributed by atoms with Crippen LogP contribution in [0.1, 0.15) is 23.2 Å². The number of methoxy groups -OCH3 is 1. The highest BCUT2D eigenvalue weighted by Gasteiger charge is 2.22. The molecule has 0 saturated heterocycles. The Hall–Kier alpha value is -3.10. The van der Waals surface area contributed by atoms with Crippen molar-refractivity contribution in [1.29, 1.82) is 0 Å². The smallest absolute Gasteiger partial charge is 0.328 e. The maximum atomic E-state index is 11.9. The summed E-state index contributed by atoms with van der Waals surface area (Å²) >= 11 is 0. The highest BCUT2D eigenvalue weighted by atomic mass is 16.5. The van der Waals surface area contributed by atoms with Gasteiger partial charge >= 0.3 is 12.0 Å². The molecule has 6 N–H and O–H groups in total. The average molecular weight is 322 g/mol. The van der Waals surface area contributed by atoms with Crippen molar-refractivity contribution in [2.24, 2.45) is 11.5 Å². The summed E-state index contributed by atoms with van der Waals surface area (Å²) in [6.07, 6.45) is -0.0522.